The summed E-state index contributed by atoms with van der Waals surface area (Å²) in [5.41, 5.74) is 14.6. The first-order valence-corrected chi connectivity index (χ1v) is 18.5. The number of hydrogen-bond donors (Lipinski definition) is 0. The van der Waals surface area contributed by atoms with Crippen molar-refractivity contribution < 1.29 is 8.83 Å². The van der Waals surface area contributed by atoms with Gasteiger partial charge < -0.3 is 13.7 Å². The summed E-state index contributed by atoms with van der Waals surface area (Å²) in [6.07, 6.45) is 0. The van der Waals surface area contributed by atoms with Crippen molar-refractivity contribution in [2.75, 3.05) is 4.90 Å². The molecule has 4 nitrogen and oxygen atoms in total. The van der Waals surface area contributed by atoms with Gasteiger partial charge in [0.25, 0.3) is 0 Å². The van der Waals surface area contributed by atoms with Crippen LogP contribution in [0.3, 0.4) is 0 Å². The molecule has 0 atom stereocenters. The molecular formula is C50H34N2O2. The monoisotopic (exact) mass is 694 g/mol. The van der Waals surface area contributed by atoms with Gasteiger partial charge >= 0.3 is 0 Å². The Bertz CT molecular complexity index is 3100. The van der Waals surface area contributed by atoms with E-state index < -0.39 is 0 Å². The van der Waals surface area contributed by atoms with Crippen molar-refractivity contribution >= 4 is 60.9 Å². The van der Waals surface area contributed by atoms with Crippen molar-refractivity contribution in [3.8, 4) is 33.7 Å². The zero-order chi connectivity index (χ0) is 36.0. The Kier molecular flexibility index (Phi) is 6.56. The highest BCUT2D eigenvalue weighted by Gasteiger charge is 2.38. The summed E-state index contributed by atoms with van der Waals surface area (Å²) in [6.45, 7) is 4.67. The van der Waals surface area contributed by atoms with Gasteiger partial charge in [-0.15, -0.1) is 0 Å². The first kappa shape index (κ1) is 30.7. The number of furan rings is 1. The molecule has 0 unspecified atom stereocenters. The minimum Gasteiger partial charge on any atom is -0.456 e. The lowest BCUT2D eigenvalue weighted by Crippen LogP contribution is -2.16. The Morgan fingerprint density at radius 3 is 2.09 bits per heavy atom. The van der Waals surface area contributed by atoms with Crippen LogP contribution in [0, 0.1) is 0 Å². The van der Waals surface area contributed by atoms with Crippen LogP contribution < -0.4 is 4.90 Å². The van der Waals surface area contributed by atoms with Gasteiger partial charge in [-0.05, 0) is 81.6 Å². The number of rotatable bonds is 5. The molecule has 4 heteroatoms. The smallest absolute Gasteiger partial charge is 0.227 e. The molecule has 0 aliphatic heterocycles. The molecule has 0 spiro atoms. The number of para-hydroxylation sites is 1. The van der Waals surface area contributed by atoms with Gasteiger partial charge in [-0.1, -0.05) is 123 Å². The molecule has 0 amide bonds. The van der Waals surface area contributed by atoms with E-state index in [0.717, 1.165) is 66.8 Å². The molecule has 1 aliphatic rings. The maximum atomic E-state index is 6.67. The minimum atomic E-state index is -0.139. The van der Waals surface area contributed by atoms with E-state index >= 15 is 0 Å². The van der Waals surface area contributed by atoms with Crippen molar-refractivity contribution in [1.82, 2.24) is 4.98 Å². The Morgan fingerprint density at radius 1 is 0.481 bits per heavy atom. The van der Waals surface area contributed by atoms with Crippen LogP contribution in [0.15, 0.2) is 179 Å². The Labute approximate surface area is 312 Å². The molecule has 0 saturated carbocycles. The third-order valence-corrected chi connectivity index (χ3v) is 11.3. The maximum Gasteiger partial charge on any atom is 0.227 e. The zero-order valence-corrected chi connectivity index (χ0v) is 29.9. The predicted octanol–water partition coefficient (Wildman–Crippen LogP) is 14.0. The largest absolute Gasteiger partial charge is 0.456 e. The number of fused-ring (bicyclic) bond motifs is 8. The second-order valence-corrected chi connectivity index (χ2v) is 14.8. The maximum absolute atomic E-state index is 6.67. The number of anilines is 3. The highest BCUT2D eigenvalue weighted by molar-refractivity contribution is 6.10. The zero-order valence-electron chi connectivity index (χ0n) is 29.9. The number of nitrogens with zero attached hydrogens (tertiary/aromatic N) is 2. The summed E-state index contributed by atoms with van der Waals surface area (Å²) >= 11 is 0. The van der Waals surface area contributed by atoms with Crippen molar-refractivity contribution in [3.63, 3.8) is 0 Å². The predicted molar refractivity (Wildman–Crippen MR) is 222 cm³/mol. The molecule has 2 heterocycles. The summed E-state index contributed by atoms with van der Waals surface area (Å²) in [6, 6.07) is 60.3. The van der Waals surface area contributed by atoms with E-state index in [1.165, 1.54) is 33.0 Å². The molecule has 2 aromatic heterocycles. The van der Waals surface area contributed by atoms with E-state index in [-0.39, 0.29) is 5.41 Å². The Hall–Kier alpha value is -6.91. The lowest BCUT2D eigenvalue weighted by Gasteiger charge is -2.30. The van der Waals surface area contributed by atoms with Gasteiger partial charge in [0.2, 0.25) is 5.89 Å². The summed E-state index contributed by atoms with van der Waals surface area (Å²) in [5, 5.41) is 4.47. The molecule has 0 saturated heterocycles. The number of aromatic nitrogens is 1. The SMILES string of the molecule is CC1(C)c2ccccc2-c2c(N(c3ccc4c(c3)oc3cc5nc(-c6ccccc6)oc5cc34)c3ccccc3-c3ccc4ccccc4c3)cccc21. The first-order chi connectivity index (χ1) is 26.5. The summed E-state index contributed by atoms with van der Waals surface area (Å²) in [4.78, 5) is 7.24. The summed E-state index contributed by atoms with van der Waals surface area (Å²) in [5.74, 6) is 0.603. The van der Waals surface area contributed by atoms with Gasteiger partial charge in [-0.3, -0.25) is 0 Å². The molecular weight excluding hydrogens is 661 g/mol. The highest BCUT2D eigenvalue weighted by atomic mass is 16.4. The quantitative estimate of drug-likeness (QED) is 0.180. The second kappa shape index (κ2) is 11.5. The van der Waals surface area contributed by atoms with Crippen molar-refractivity contribution in [3.05, 3.63) is 181 Å². The van der Waals surface area contributed by atoms with E-state index in [1.54, 1.807) is 0 Å². The number of oxazole rings is 1. The van der Waals surface area contributed by atoms with Crippen molar-refractivity contribution in [2.24, 2.45) is 0 Å². The molecule has 10 aromatic rings. The third kappa shape index (κ3) is 4.60. The average molecular weight is 695 g/mol. The Balaban J connectivity index is 1.13. The lowest BCUT2D eigenvalue weighted by molar-refractivity contribution is 0.620. The van der Waals surface area contributed by atoms with Gasteiger partial charge in [-0.25, -0.2) is 4.98 Å². The van der Waals surface area contributed by atoms with Gasteiger partial charge in [0.1, 0.15) is 16.7 Å². The van der Waals surface area contributed by atoms with Crippen LogP contribution in [0.2, 0.25) is 0 Å². The summed E-state index contributed by atoms with van der Waals surface area (Å²) < 4.78 is 12.9. The van der Waals surface area contributed by atoms with E-state index in [9.17, 15) is 0 Å². The normalized spacial score (nSPS) is 13.1. The molecule has 0 radical (unpaired) electrons. The molecule has 256 valence electrons. The van der Waals surface area contributed by atoms with E-state index in [0.29, 0.717) is 5.89 Å². The first-order valence-electron chi connectivity index (χ1n) is 18.5. The number of benzene rings is 8. The molecule has 0 fully saturated rings. The van der Waals surface area contributed by atoms with Gasteiger partial charge in [0.15, 0.2) is 5.58 Å². The van der Waals surface area contributed by atoms with Gasteiger partial charge in [-0.2, -0.15) is 0 Å². The van der Waals surface area contributed by atoms with Crippen LogP contribution in [-0.4, -0.2) is 4.98 Å². The van der Waals surface area contributed by atoms with Crippen LogP contribution in [0.4, 0.5) is 17.1 Å². The highest BCUT2D eigenvalue weighted by Crippen LogP contribution is 2.55. The van der Waals surface area contributed by atoms with Crippen LogP contribution in [0.5, 0.6) is 0 Å². The standard InChI is InChI=1S/C50H34N2O2/c1-50(2)40-19-10-8-18-38(40)48-41(50)20-12-22-44(48)52(43-21-11-9-17-36(43)34-24-23-31-13-6-7-16-33(31)27-34)35-25-26-37-39-29-47-42(30-46(39)53-45(37)28-35)51-49(54-47)32-14-4-3-5-15-32/h3-30H,1-2H3. The molecule has 8 aromatic carbocycles. The second-order valence-electron chi connectivity index (χ2n) is 14.8. The van der Waals surface area contributed by atoms with E-state index in [1.807, 2.05) is 36.4 Å². The van der Waals surface area contributed by atoms with Crippen LogP contribution >= 0.6 is 0 Å². The van der Waals surface area contributed by atoms with Crippen LogP contribution in [0.1, 0.15) is 25.0 Å². The third-order valence-electron chi connectivity index (χ3n) is 11.3. The molecule has 54 heavy (non-hydrogen) atoms. The van der Waals surface area contributed by atoms with Gasteiger partial charge in [0, 0.05) is 50.7 Å². The van der Waals surface area contributed by atoms with Gasteiger partial charge in [0.05, 0.1) is 11.4 Å². The number of hydrogen-bond acceptors (Lipinski definition) is 4. The molecule has 1 aliphatic carbocycles. The van der Waals surface area contributed by atoms with Crippen LogP contribution in [0.25, 0.3) is 77.5 Å². The van der Waals surface area contributed by atoms with Crippen molar-refractivity contribution in [1.29, 1.82) is 0 Å². The minimum absolute atomic E-state index is 0.139. The lowest BCUT2D eigenvalue weighted by atomic mass is 9.82. The fraction of sp³-hybridized carbons (Fsp3) is 0.0600. The van der Waals surface area contributed by atoms with Crippen LogP contribution in [-0.2, 0) is 5.41 Å². The van der Waals surface area contributed by atoms with E-state index in [4.69, 9.17) is 13.8 Å². The van der Waals surface area contributed by atoms with E-state index in [2.05, 4.69) is 152 Å². The molecule has 0 bridgehead atoms. The topological polar surface area (TPSA) is 42.4 Å². The summed E-state index contributed by atoms with van der Waals surface area (Å²) in [7, 11) is 0. The Morgan fingerprint density at radius 2 is 1.20 bits per heavy atom. The fourth-order valence-corrected chi connectivity index (χ4v) is 8.63. The average Bonchev–Trinajstić information content (AvgIpc) is 3.87. The molecule has 0 N–H and O–H groups in total. The fourth-order valence-electron chi connectivity index (χ4n) is 8.63. The molecule has 11 rings (SSSR count). The van der Waals surface area contributed by atoms with Crippen molar-refractivity contribution in [2.45, 2.75) is 19.3 Å².